The molecule has 0 aliphatic heterocycles. The number of hydrogen-bond acceptors (Lipinski definition) is 3. The Bertz CT molecular complexity index is 620. The van der Waals surface area contributed by atoms with Gasteiger partial charge in [-0.15, -0.1) is 0 Å². The van der Waals surface area contributed by atoms with Gasteiger partial charge in [0.1, 0.15) is 5.75 Å². The van der Waals surface area contributed by atoms with Crippen LogP contribution in [0.4, 0.5) is 5.69 Å². The van der Waals surface area contributed by atoms with Crippen LogP contribution in [0.3, 0.4) is 0 Å². The van der Waals surface area contributed by atoms with Crippen molar-refractivity contribution < 1.29 is 4.74 Å². The second kappa shape index (κ2) is 6.26. The summed E-state index contributed by atoms with van der Waals surface area (Å²) in [6.45, 7) is 0.675. The number of anilines is 1. The maximum atomic E-state index is 8.85. The topological polar surface area (TPSA) is 45.0 Å². The molecule has 96 valence electrons. The van der Waals surface area contributed by atoms with Crippen LogP contribution in [0.15, 0.2) is 46.9 Å². The number of benzene rings is 2. The molecule has 4 heteroatoms. The van der Waals surface area contributed by atoms with Crippen molar-refractivity contribution in [3.05, 3.63) is 58.1 Å². The normalized spacial score (nSPS) is 9.74. The van der Waals surface area contributed by atoms with Gasteiger partial charge in [0.2, 0.25) is 0 Å². The fourth-order valence-electron chi connectivity index (χ4n) is 1.73. The lowest BCUT2D eigenvalue weighted by atomic mass is 10.1. The zero-order chi connectivity index (χ0) is 13.7. The second-order valence-electron chi connectivity index (χ2n) is 4.02. The van der Waals surface area contributed by atoms with Gasteiger partial charge in [-0.05, 0) is 51.8 Å². The number of nitrogens with one attached hydrogen (secondary N) is 1. The van der Waals surface area contributed by atoms with E-state index in [1.807, 2.05) is 36.4 Å². The van der Waals surface area contributed by atoms with Crippen molar-refractivity contribution in [1.29, 1.82) is 5.26 Å². The first kappa shape index (κ1) is 13.4. The minimum atomic E-state index is 0.675. The summed E-state index contributed by atoms with van der Waals surface area (Å²) in [6, 6.07) is 15.5. The number of halogens is 1. The molecule has 0 bridgehead atoms. The smallest absolute Gasteiger partial charge is 0.133 e. The number of methoxy groups -OCH3 is 1. The van der Waals surface area contributed by atoms with Crippen molar-refractivity contribution in [3.8, 4) is 11.8 Å². The maximum Gasteiger partial charge on any atom is 0.133 e. The molecule has 0 fully saturated rings. The van der Waals surface area contributed by atoms with Crippen LogP contribution in [0.5, 0.6) is 5.75 Å². The van der Waals surface area contributed by atoms with E-state index in [9.17, 15) is 0 Å². The summed E-state index contributed by atoms with van der Waals surface area (Å²) >= 11 is 3.45. The third-order valence-corrected chi connectivity index (χ3v) is 3.32. The lowest BCUT2D eigenvalue weighted by molar-refractivity contribution is 0.412. The van der Waals surface area contributed by atoms with E-state index in [2.05, 4.69) is 27.3 Å². The van der Waals surface area contributed by atoms with Gasteiger partial charge in [-0.2, -0.15) is 5.26 Å². The Balaban J connectivity index is 2.06. The quantitative estimate of drug-likeness (QED) is 0.929. The molecule has 0 saturated carbocycles. The van der Waals surface area contributed by atoms with Crippen molar-refractivity contribution in [1.82, 2.24) is 0 Å². The van der Waals surface area contributed by atoms with E-state index in [1.54, 1.807) is 13.2 Å². The molecule has 2 rings (SSSR count). The van der Waals surface area contributed by atoms with E-state index in [1.165, 1.54) is 0 Å². The van der Waals surface area contributed by atoms with Gasteiger partial charge in [-0.3, -0.25) is 0 Å². The molecule has 0 atom stereocenters. The summed E-state index contributed by atoms with van der Waals surface area (Å²) in [5.74, 6) is 0.803. The highest BCUT2D eigenvalue weighted by Crippen LogP contribution is 2.27. The third kappa shape index (κ3) is 3.49. The summed E-state index contributed by atoms with van der Waals surface area (Å²) in [5.41, 5.74) is 2.75. The van der Waals surface area contributed by atoms with Gasteiger partial charge < -0.3 is 10.1 Å². The van der Waals surface area contributed by atoms with Crippen molar-refractivity contribution >= 4 is 21.6 Å². The van der Waals surface area contributed by atoms with Gasteiger partial charge in [0.05, 0.1) is 23.2 Å². The van der Waals surface area contributed by atoms with Crippen molar-refractivity contribution in [2.45, 2.75) is 6.54 Å². The Morgan fingerprint density at radius 3 is 2.79 bits per heavy atom. The zero-order valence-corrected chi connectivity index (χ0v) is 12.1. The number of hydrogen-bond donors (Lipinski definition) is 1. The van der Waals surface area contributed by atoms with Crippen LogP contribution in [-0.4, -0.2) is 7.11 Å². The molecule has 3 nitrogen and oxygen atoms in total. The second-order valence-corrected chi connectivity index (χ2v) is 4.87. The van der Waals surface area contributed by atoms with Crippen molar-refractivity contribution in [3.63, 3.8) is 0 Å². The molecule has 0 aromatic heterocycles. The first-order chi connectivity index (χ1) is 9.22. The van der Waals surface area contributed by atoms with E-state index < -0.39 is 0 Å². The number of nitriles is 1. The first-order valence-corrected chi connectivity index (χ1v) is 6.58. The van der Waals surface area contributed by atoms with Gasteiger partial charge in [-0.1, -0.05) is 12.1 Å². The highest BCUT2D eigenvalue weighted by Gasteiger charge is 2.01. The van der Waals surface area contributed by atoms with Crippen molar-refractivity contribution in [2.75, 3.05) is 12.4 Å². The Labute approximate surface area is 121 Å². The molecule has 0 aliphatic rings. The monoisotopic (exact) mass is 316 g/mol. The van der Waals surface area contributed by atoms with E-state index in [0.717, 1.165) is 21.5 Å². The fourth-order valence-corrected chi connectivity index (χ4v) is 2.27. The molecule has 0 aliphatic carbocycles. The summed E-state index contributed by atoms with van der Waals surface area (Å²) < 4.78 is 6.09. The molecule has 2 aromatic carbocycles. The molecule has 0 radical (unpaired) electrons. The zero-order valence-electron chi connectivity index (χ0n) is 10.5. The van der Waals surface area contributed by atoms with Crippen molar-refractivity contribution in [2.24, 2.45) is 0 Å². The predicted molar refractivity (Wildman–Crippen MR) is 79.2 cm³/mol. The highest BCUT2D eigenvalue weighted by atomic mass is 79.9. The lowest BCUT2D eigenvalue weighted by Gasteiger charge is -2.09. The largest absolute Gasteiger partial charge is 0.496 e. The summed E-state index contributed by atoms with van der Waals surface area (Å²) in [6.07, 6.45) is 0. The van der Waals surface area contributed by atoms with Crippen LogP contribution < -0.4 is 10.1 Å². The predicted octanol–water partition coefficient (Wildman–Crippen LogP) is 3.94. The molecule has 0 saturated heterocycles. The summed E-state index contributed by atoms with van der Waals surface area (Å²) in [5, 5.41) is 12.2. The van der Waals surface area contributed by atoms with Crippen LogP contribution in [0.2, 0.25) is 0 Å². The third-order valence-electron chi connectivity index (χ3n) is 2.70. The Hall–Kier alpha value is -1.99. The lowest BCUT2D eigenvalue weighted by Crippen LogP contribution is -1.99. The van der Waals surface area contributed by atoms with Gasteiger partial charge in [0.15, 0.2) is 0 Å². The molecule has 0 unspecified atom stereocenters. The van der Waals surface area contributed by atoms with E-state index >= 15 is 0 Å². The first-order valence-electron chi connectivity index (χ1n) is 5.79. The standard InChI is InChI=1S/C15H13BrN2O/c1-19-15-6-5-13(8-14(15)16)18-10-12-4-2-3-11(7-12)9-17/h2-8,18H,10H2,1H3. The fraction of sp³-hybridized carbons (Fsp3) is 0.133. The summed E-state index contributed by atoms with van der Waals surface area (Å²) in [4.78, 5) is 0. The van der Waals surface area contributed by atoms with Crippen LogP contribution >= 0.6 is 15.9 Å². The van der Waals surface area contributed by atoms with Gasteiger partial charge >= 0.3 is 0 Å². The summed E-state index contributed by atoms with van der Waals surface area (Å²) in [7, 11) is 1.64. The van der Waals surface area contributed by atoms with Crippen LogP contribution in [0, 0.1) is 11.3 Å². The van der Waals surface area contributed by atoms with E-state index in [0.29, 0.717) is 12.1 Å². The molecule has 2 aromatic rings. The number of nitrogens with zero attached hydrogens (tertiary/aromatic N) is 1. The number of rotatable bonds is 4. The van der Waals surface area contributed by atoms with Crippen LogP contribution in [0.25, 0.3) is 0 Å². The van der Waals surface area contributed by atoms with E-state index in [4.69, 9.17) is 10.00 Å². The van der Waals surface area contributed by atoms with Crippen LogP contribution in [-0.2, 0) is 6.54 Å². The Morgan fingerprint density at radius 2 is 2.11 bits per heavy atom. The van der Waals surface area contributed by atoms with Crippen LogP contribution in [0.1, 0.15) is 11.1 Å². The average molecular weight is 317 g/mol. The molecule has 0 heterocycles. The minimum Gasteiger partial charge on any atom is -0.496 e. The molecular weight excluding hydrogens is 304 g/mol. The number of ether oxygens (including phenoxy) is 1. The van der Waals surface area contributed by atoms with Gasteiger partial charge in [-0.25, -0.2) is 0 Å². The molecule has 1 N–H and O–H groups in total. The molecule has 0 amide bonds. The molecule has 19 heavy (non-hydrogen) atoms. The minimum absolute atomic E-state index is 0.675. The average Bonchev–Trinajstić information content (AvgIpc) is 2.45. The van der Waals surface area contributed by atoms with Gasteiger partial charge in [0, 0.05) is 12.2 Å². The van der Waals surface area contributed by atoms with E-state index in [-0.39, 0.29) is 0 Å². The highest BCUT2D eigenvalue weighted by molar-refractivity contribution is 9.10. The van der Waals surface area contributed by atoms with Gasteiger partial charge in [0.25, 0.3) is 0 Å². The SMILES string of the molecule is COc1ccc(NCc2cccc(C#N)c2)cc1Br. The molecule has 0 spiro atoms. The Kier molecular flexibility index (Phi) is 4.43. The molecular formula is C15H13BrN2O. The maximum absolute atomic E-state index is 8.85. The Morgan fingerprint density at radius 1 is 1.26 bits per heavy atom.